The van der Waals surface area contributed by atoms with Gasteiger partial charge in [-0.2, -0.15) is 5.26 Å². The quantitative estimate of drug-likeness (QED) is 0.646. The first kappa shape index (κ1) is 15.7. The molecule has 0 aliphatic heterocycles. The number of hydrogen-bond donors (Lipinski definition) is 1. The Bertz CT molecular complexity index is 587. The molecule has 0 heterocycles. The summed E-state index contributed by atoms with van der Waals surface area (Å²) in [7, 11) is 0. The molecule has 7 heteroatoms. The van der Waals surface area contributed by atoms with Gasteiger partial charge in [0.2, 0.25) is 0 Å². The minimum atomic E-state index is -0.757. The van der Waals surface area contributed by atoms with E-state index in [1.54, 1.807) is 6.07 Å². The van der Waals surface area contributed by atoms with Gasteiger partial charge < -0.3 is 10.5 Å². The monoisotopic (exact) mass is 353 g/mol. The molecule has 112 valence electrons. The van der Waals surface area contributed by atoms with Gasteiger partial charge in [0, 0.05) is 10.5 Å². The largest absolute Gasteiger partial charge is 0.493 e. The van der Waals surface area contributed by atoms with E-state index in [1.807, 2.05) is 0 Å². The molecule has 1 aliphatic carbocycles. The number of nitriles is 1. The first-order chi connectivity index (χ1) is 9.94. The third-order valence-corrected chi connectivity index (χ3v) is 4.34. The lowest BCUT2D eigenvalue weighted by Crippen LogP contribution is -2.42. The van der Waals surface area contributed by atoms with Crippen LogP contribution in [0.1, 0.15) is 25.7 Å². The lowest BCUT2D eigenvalue weighted by Gasteiger charge is -2.23. The molecule has 2 atom stereocenters. The molecular weight excluding hydrogens is 338 g/mol. The van der Waals surface area contributed by atoms with Crippen LogP contribution in [0.2, 0.25) is 0 Å². The van der Waals surface area contributed by atoms with E-state index in [2.05, 4.69) is 22.0 Å². The summed E-state index contributed by atoms with van der Waals surface area (Å²) in [5.74, 6) is 0.554. The van der Waals surface area contributed by atoms with E-state index < -0.39 is 10.5 Å². The Morgan fingerprint density at radius 2 is 2.33 bits per heavy atom. The van der Waals surface area contributed by atoms with Crippen molar-refractivity contribution >= 4 is 21.6 Å². The van der Waals surface area contributed by atoms with Crippen molar-refractivity contribution < 1.29 is 9.66 Å². The van der Waals surface area contributed by atoms with Gasteiger partial charge in [-0.3, -0.25) is 10.1 Å². The van der Waals surface area contributed by atoms with Gasteiger partial charge in [0.05, 0.1) is 23.7 Å². The zero-order valence-corrected chi connectivity index (χ0v) is 13.0. The highest BCUT2D eigenvalue weighted by atomic mass is 79.9. The van der Waals surface area contributed by atoms with Crippen LogP contribution >= 0.6 is 15.9 Å². The van der Waals surface area contributed by atoms with Gasteiger partial charge in [-0.25, -0.2) is 0 Å². The number of benzene rings is 1. The maximum Gasteiger partial charge on any atom is 0.274 e. The zero-order chi connectivity index (χ0) is 15.5. The summed E-state index contributed by atoms with van der Waals surface area (Å²) in [6, 6.07) is 6.69. The van der Waals surface area contributed by atoms with E-state index >= 15 is 0 Å². The SMILES string of the molecule is N#CC1(N)CCCC1CCOc1cc(Br)cc([N+](=O)[O-])c1. The van der Waals surface area contributed by atoms with Crippen molar-refractivity contribution in [2.45, 2.75) is 31.2 Å². The summed E-state index contributed by atoms with van der Waals surface area (Å²) >= 11 is 3.22. The summed E-state index contributed by atoms with van der Waals surface area (Å²) in [6.45, 7) is 0.388. The number of nitrogens with zero attached hydrogens (tertiary/aromatic N) is 2. The molecule has 0 bridgehead atoms. The first-order valence-electron chi connectivity index (χ1n) is 6.72. The number of hydrogen-bond acceptors (Lipinski definition) is 5. The van der Waals surface area contributed by atoms with E-state index in [9.17, 15) is 10.1 Å². The molecule has 2 unspecified atom stereocenters. The van der Waals surface area contributed by atoms with Crippen molar-refractivity contribution in [3.8, 4) is 11.8 Å². The smallest absolute Gasteiger partial charge is 0.274 e. The molecule has 1 aromatic rings. The lowest BCUT2D eigenvalue weighted by molar-refractivity contribution is -0.385. The summed E-state index contributed by atoms with van der Waals surface area (Å²) in [5, 5.41) is 19.9. The van der Waals surface area contributed by atoms with Crippen LogP contribution in [0.25, 0.3) is 0 Å². The third kappa shape index (κ3) is 3.71. The predicted molar refractivity (Wildman–Crippen MR) is 80.8 cm³/mol. The highest BCUT2D eigenvalue weighted by molar-refractivity contribution is 9.10. The normalized spacial score (nSPS) is 24.5. The zero-order valence-electron chi connectivity index (χ0n) is 11.4. The lowest BCUT2D eigenvalue weighted by atomic mass is 9.87. The van der Waals surface area contributed by atoms with Crippen LogP contribution < -0.4 is 10.5 Å². The van der Waals surface area contributed by atoms with Crippen LogP contribution in [-0.2, 0) is 0 Å². The predicted octanol–water partition coefficient (Wildman–Crippen LogP) is 3.15. The number of nitro groups is 1. The molecule has 0 saturated heterocycles. The standard InChI is InChI=1S/C14H16BrN3O3/c15-11-6-12(18(19)20)8-13(7-11)21-5-3-10-2-1-4-14(10,17)9-16/h6-8,10H,1-5,17H2. The summed E-state index contributed by atoms with van der Waals surface area (Å²) in [6.07, 6.45) is 3.27. The molecule has 0 spiro atoms. The number of halogens is 1. The average Bonchev–Trinajstić information content (AvgIpc) is 2.80. The molecule has 21 heavy (non-hydrogen) atoms. The van der Waals surface area contributed by atoms with Crippen LogP contribution in [0.5, 0.6) is 5.75 Å². The highest BCUT2D eigenvalue weighted by Crippen LogP contribution is 2.35. The molecule has 6 nitrogen and oxygen atoms in total. The summed E-state index contributed by atoms with van der Waals surface area (Å²) < 4.78 is 6.17. The molecule has 2 N–H and O–H groups in total. The van der Waals surface area contributed by atoms with Crippen molar-refractivity contribution in [3.05, 3.63) is 32.8 Å². The minimum absolute atomic E-state index is 0.0227. The Morgan fingerprint density at radius 3 is 3.00 bits per heavy atom. The Labute approximate surface area is 131 Å². The number of non-ortho nitro benzene ring substituents is 1. The Balaban J connectivity index is 1.95. The number of ether oxygens (including phenoxy) is 1. The van der Waals surface area contributed by atoms with Crippen molar-refractivity contribution in [2.75, 3.05) is 6.61 Å². The topological polar surface area (TPSA) is 102 Å². The van der Waals surface area contributed by atoms with E-state index in [0.717, 1.165) is 19.3 Å². The molecule has 0 aromatic heterocycles. The van der Waals surface area contributed by atoms with Crippen LogP contribution in [0, 0.1) is 27.4 Å². The molecule has 2 rings (SSSR count). The number of rotatable bonds is 5. The summed E-state index contributed by atoms with van der Waals surface area (Å²) in [5.41, 5.74) is 5.28. The fourth-order valence-electron chi connectivity index (χ4n) is 2.71. The fourth-order valence-corrected chi connectivity index (χ4v) is 3.17. The van der Waals surface area contributed by atoms with E-state index in [1.165, 1.54) is 12.1 Å². The maximum absolute atomic E-state index is 10.8. The fraction of sp³-hybridized carbons (Fsp3) is 0.500. The highest BCUT2D eigenvalue weighted by Gasteiger charge is 2.39. The average molecular weight is 354 g/mol. The Hall–Kier alpha value is -1.65. The second-order valence-electron chi connectivity index (χ2n) is 5.28. The Kier molecular flexibility index (Phi) is 4.80. The van der Waals surface area contributed by atoms with E-state index in [-0.39, 0.29) is 11.6 Å². The molecule has 1 aliphatic rings. The van der Waals surface area contributed by atoms with Crippen LogP contribution in [0.3, 0.4) is 0 Å². The van der Waals surface area contributed by atoms with Gasteiger partial charge in [-0.1, -0.05) is 22.4 Å². The van der Waals surface area contributed by atoms with E-state index in [4.69, 9.17) is 15.7 Å². The van der Waals surface area contributed by atoms with Crippen LogP contribution in [0.4, 0.5) is 5.69 Å². The first-order valence-corrected chi connectivity index (χ1v) is 7.52. The Morgan fingerprint density at radius 1 is 1.57 bits per heavy atom. The van der Waals surface area contributed by atoms with Gasteiger partial charge in [-0.15, -0.1) is 0 Å². The van der Waals surface area contributed by atoms with Gasteiger partial charge in [0.15, 0.2) is 0 Å². The van der Waals surface area contributed by atoms with Crippen LogP contribution in [0.15, 0.2) is 22.7 Å². The van der Waals surface area contributed by atoms with Gasteiger partial charge in [0.25, 0.3) is 5.69 Å². The van der Waals surface area contributed by atoms with Crippen LogP contribution in [-0.4, -0.2) is 17.1 Å². The molecule has 0 radical (unpaired) electrons. The number of nitrogens with two attached hydrogens (primary N) is 1. The molecule has 1 fully saturated rings. The summed E-state index contributed by atoms with van der Waals surface area (Å²) in [4.78, 5) is 10.3. The molecule has 1 aromatic carbocycles. The maximum atomic E-state index is 10.8. The van der Waals surface area contributed by atoms with Gasteiger partial charge in [0.1, 0.15) is 11.3 Å². The minimum Gasteiger partial charge on any atom is -0.493 e. The van der Waals surface area contributed by atoms with Gasteiger partial charge in [-0.05, 0) is 31.2 Å². The molecule has 1 saturated carbocycles. The van der Waals surface area contributed by atoms with Crippen molar-refractivity contribution in [3.63, 3.8) is 0 Å². The van der Waals surface area contributed by atoms with E-state index in [0.29, 0.717) is 23.2 Å². The molecule has 0 amide bonds. The number of nitro benzene ring substituents is 1. The van der Waals surface area contributed by atoms with Crippen molar-refractivity contribution in [1.82, 2.24) is 0 Å². The van der Waals surface area contributed by atoms with Crippen molar-refractivity contribution in [1.29, 1.82) is 5.26 Å². The third-order valence-electron chi connectivity index (χ3n) is 3.88. The second-order valence-corrected chi connectivity index (χ2v) is 6.20. The van der Waals surface area contributed by atoms with Crippen molar-refractivity contribution in [2.24, 2.45) is 11.7 Å². The van der Waals surface area contributed by atoms with Gasteiger partial charge >= 0.3 is 0 Å². The molecular formula is C14H16BrN3O3. The second kappa shape index (κ2) is 6.41.